The van der Waals surface area contributed by atoms with Crippen molar-refractivity contribution >= 4 is 22.0 Å². The summed E-state index contributed by atoms with van der Waals surface area (Å²) in [5, 5.41) is 11.4. The van der Waals surface area contributed by atoms with Gasteiger partial charge in [0.1, 0.15) is 0 Å². The molecule has 0 radical (unpaired) electrons. The molecule has 1 atom stereocenters. The lowest BCUT2D eigenvalue weighted by atomic mass is 10.2. The molecule has 0 aromatic heterocycles. The van der Waals surface area contributed by atoms with Crippen LogP contribution in [0.3, 0.4) is 0 Å². The maximum atomic E-state index is 11.7. The minimum absolute atomic E-state index is 0.128. The summed E-state index contributed by atoms with van der Waals surface area (Å²) in [6.07, 6.45) is 2.91. The van der Waals surface area contributed by atoms with E-state index in [4.69, 9.17) is 5.11 Å². The van der Waals surface area contributed by atoms with Crippen molar-refractivity contribution in [1.29, 1.82) is 0 Å². The van der Waals surface area contributed by atoms with Gasteiger partial charge < -0.3 is 10.4 Å². The molecule has 3 N–H and O–H groups in total. The Morgan fingerprint density at radius 2 is 1.95 bits per heavy atom. The minimum Gasteiger partial charge on any atom is -0.394 e. The molecular weight excluding hydrogens is 292 g/mol. The molecule has 21 heavy (non-hydrogen) atoms. The van der Waals surface area contributed by atoms with Gasteiger partial charge in [-0.05, 0) is 30.7 Å². The quantitative estimate of drug-likeness (QED) is 0.639. The molecule has 0 aliphatic rings. The van der Waals surface area contributed by atoms with E-state index in [0.717, 1.165) is 0 Å². The Morgan fingerprint density at radius 1 is 1.33 bits per heavy atom. The van der Waals surface area contributed by atoms with Gasteiger partial charge in [0.25, 0.3) is 0 Å². The summed E-state index contributed by atoms with van der Waals surface area (Å²) in [6, 6.07) is 5.87. The normalized spacial score (nSPS) is 13.3. The van der Waals surface area contributed by atoms with Crippen LogP contribution in [0.1, 0.15) is 19.4 Å². The zero-order valence-electron chi connectivity index (χ0n) is 12.0. The number of amides is 1. The van der Waals surface area contributed by atoms with E-state index in [1.165, 1.54) is 18.2 Å². The van der Waals surface area contributed by atoms with Gasteiger partial charge in [-0.15, -0.1) is 0 Å². The Bertz CT molecular complexity index is 594. The molecule has 0 fully saturated rings. The van der Waals surface area contributed by atoms with Gasteiger partial charge in [0.05, 0.1) is 11.5 Å². The average Bonchev–Trinajstić information content (AvgIpc) is 2.45. The summed E-state index contributed by atoms with van der Waals surface area (Å²) in [6.45, 7) is 3.59. The lowest BCUT2D eigenvalue weighted by Crippen LogP contribution is -2.33. The third-order valence-corrected chi connectivity index (χ3v) is 4.18. The third kappa shape index (κ3) is 5.66. The highest BCUT2D eigenvalue weighted by atomic mass is 32.2. The van der Waals surface area contributed by atoms with Crippen LogP contribution in [0.25, 0.3) is 6.08 Å². The number of rotatable bonds is 7. The highest BCUT2D eigenvalue weighted by Gasteiger charge is 2.11. The Hall–Kier alpha value is -1.70. The van der Waals surface area contributed by atoms with Gasteiger partial charge in [-0.3, -0.25) is 4.79 Å². The molecule has 0 heterocycles. The number of hydrogen-bond donors (Lipinski definition) is 3. The molecule has 0 saturated heterocycles. The van der Waals surface area contributed by atoms with E-state index < -0.39 is 10.0 Å². The SMILES string of the molecule is CCNS(=O)(=O)c1ccc(/C=C/C(=O)NC(C)CO)cc1. The summed E-state index contributed by atoms with van der Waals surface area (Å²) < 4.78 is 25.9. The lowest BCUT2D eigenvalue weighted by Gasteiger charge is -2.07. The zero-order valence-corrected chi connectivity index (χ0v) is 12.9. The van der Waals surface area contributed by atoms with E-state index in [9.17, 15) is 13.2 Å². The van der Waals surface area contributed by atoms with Crippen LogP contribution in [0.5, 0.6) is 0 Å². The van der Waals surface area contributed by atoms with Gasteiger partial charge >= 0.3 is 0 Å². The molecule has 1 aromatic carbocycles. The first-order valence-corrected chi connectivity index (χ1v) is 8.06. The van der Waals surface area contributed by atoms with E-state index in [-0.39, 0.29) is 23.5 Å². The zero-order chi connectivity index (χ0) is 15.9. The largest absolute Gasteiger partial charge is 0.394 e. The first-order valence-electron chi connectivity index (χ1n) is 6.58. The predicted octanol–water partition coefficient (Wildman–Crippen LogP) is 0.495. The number of aliphatic hydroxyl groups is 1. The monoisotopic (exact) mass is 312 g/mol. The van der Waals surface area contributed by atoms with Gasteiger partial charge in [0.2, 0.25) is 15.9 Å². The molecule has 6 nitrogen and oxygen atoms in total. The summed E-state index contributed by atoms with van der Waals surface area (Å²) in [5.74, 6) is -0.319. The smallest absolute Gasteiger partial charge is 0.244 e. The van der Waals surface area contributed by atoms with Gasteiger partial charge in [0.15, 0.2) is 0 Å². The van der Waals surface area contributed by atoms with Crippen LogP contribution in [-0.4, -0.2) is 38.6 Å². The van der Waals surface area contributed by atoms with Gasteiger partial charge in [0, 0.05) is 18.7 Å². The van der Waals surface area contributed by atoms with Crippen LogP contribution in [0, 0.1) is 0 Å². The van der Waals surface area contributed by atoms with Crippen LogP contribution in [0.2, 0.25) is 0 Å². The van der Waals surface area contributed by atoms with Crippen molar-refractivity contribution in [2.24, 2.45) is 0 Å². The van der Waals surface area contributed by atoms with Crippen molar-refractivity contribution in [2.45, 2.75) is 24.8 Å². The number of hydrogen-bond acceptors (Lipinski definition) is 4. The van der Waals surface area contributed by atoms with Crippen molar-refractivity contribution in [3.05, 3.63) is 35.9 Å². The standard InChI is InChI=1S/C14H20N2O4S/c1-3-15-21(19,20)13-7-4-12(5-8-13)6-9-14(18)16-11(2)10-17/h4-9,11,15,17H,3,10H2,1-2H3,(H,16,18)/b9-6+. The predicted molar refractivity (Wildman–Crippen MR) is 81.0 cm³/mol. The highest BCUT2D eigenvalue weighted by Crippen LogP contribution is 2.11. The second-order valence-corrected chi connectivity index (χ2v) is 6.26. The number of carbonyl (C=O) groups excluding carboxylic acids is 1. The van der Waals surface area contributed by atoms with E-state index >= 15 is 0 Å². The molecule has 1 rings (SSSR count). The molecule has 0 saturated carbocycles. The second-order valence-electron chi connectivity index (χ2n) is 4.50. The third-order valence-electron chi connectivity index (χ3n) is 2.61. The highest BCUT2D eigenvalue weighted by molar-refractivity contribution is 7.89. The fourth-order valence-corrected chi connectivity index (χ4v) is 2.58. The summed E-state index contributed by atoms with van der Waals surface area (Å²) >= 11 is 0. The van der Waals surface area contributed by atoms with Crippen LogP contribution < -0.4 is 10.0 Å². The minimum atomic E-state index is -3.46. The fourth-order valence-electron chi connectivity index (χ4n) is 1.54. The van der Waals surface area contributed by atoms with E-state index in [0.29, 0.717) is 12.1 Å². The number of nitrogens with one attached hydrogen (secondary N) is 2. The molecule has 7 heteroatoms. The molecule has 0 aliphatic carbocycles. The van der Waals surface area contributed by atoms with Gasteiger partial charge in [-0.25, -0.2) is 13.1 Å². The fraction of sp³-hybridized carbons (Fsp3) is 0.357. The van der Waals surface area contributed by atoms with Gasteiger partial charge in [-0.2, -0.15) is 0 Å². The Morgan fingerprint density at radius 3 is 2.48 bits per heavy atom. The van der Waals surface area contributed by atoms with Crippen LogP contribution >= 0.6 is 0 Å². The molecule has 116 valence electrons. The van der Waals surface area contributed by atoms with Crippen LogP contribution in [0.4, 0.5) is 0 Å². The van der Waals surface area contributed by atoms with Crippen molar-refractivity contribution in [3.63, 3.8) is 0 Å². The number of aliphatic hydroxyl groups excluding tert-OH is 1. The second kappa shape index (κ2) is 7.92. The average molecular weight is 312 g/mol. The number of sulfonamides is 1. The molecule has 0 aliphatic heterocycles. The summed E-state index contributed by atoms with van der Waals surface area (Å²) in [5.41, 5.74) is 0.706. The molecule has 0 spiro atoms. The lowest BCUT2D eigenvalue weighted by molar-refractivity contribution is -0.117. The number of carbonyl (C=O) groups is 1. The molecular formula is C14H20N2O4S. The summed E-state index contributed by atoms with van der Waals surface area (Å²) in [4.78, 5) is 11.7. The topological polar surface area (TPSA) is 95.5 Å². The van der Waals surface area contributed by atoms with Gasteiger partial charge in [-0.1, -0.05) is 19.1 Å². The van der Waals surface area contributed by atoms with Crippen molar-refractivity contribution < 1.29 is 18.3 Å². The molecule has 0 bridgehead atoms. The van der Waals surface area contributed by atoms with E-state index in [2.05, 4.69) is 10.0 Å². The Balaban J connectivity index is 2.73. The number of benzene rings is 1. The Labute approximate surface area is 124 Å². The van der Waals surface area contributed by atoms with Crippen molar-refractivity contribution in [2.75, 3.05) is 13.2 Å². The van der Waals surface area contributed by atoms with Crippen molar-refractivity contribution in [3.8, 4) is 0 Å². The first-order chi connectivity index (χ1) is 9.89. The maximum Gasteiger partial charge on any atom is 0.244 e. The molecule has 1 aromatic rings. The first kappa shape index (κ1) is 17.4. The maximum absolute atomic E-state index is 11.7. The van der Waals surface area contributed by atoms with Crippen LogP contribution in [-0.2, 0) is 14.8 Å². The molecule has 1 amide bonds. The van der Waals surface area contributed by atoms with Crippen LogP contribution in [0.15, 0.2) is 35.2 Å². The summed E-state index contributed by atoms with van der Waals surface area (Å²) in [7, 11) is -3.46. The Kier molecular flexibility index (Phi) is 6.54. The van der Waals surface area contributed by atoms with E-state index in [1.54, 1.807) is 32.1 Å². The van der Waals surface area contributed by atoms with Crippen molar-refractivity contribution in [1.82, 2.24) is 10.0 Å². The van der Waals surface area contributed by atoms with E-state index in [1.807, 2.05) is 0 Å². The molecule has 1 unspecified atom stereocenters.